The van der Waals surface area contributed by atoms with Gasteiger partial charge in [0, 0.05) is 11.1 Å². The number of nitrogens with two attached hydrogens (primary N) is 1. The Morgan fingerprint density at radius 2 is 2.11 bits per heavy atom. The number of aryl methyl sites for hydroxylation is 1. The fourth-order valence-electron chi connectivity index (χ4n) is 4.11. The fourth-order valence-corrected chi connectivity index (χ4v) is 4.40. The first-order valence-corrected chi connectivity index (χ1v) is 7.52. The highest BCUT2D eigenvalue weighted by atomic mass is 35.5. The minimum atomic E-state index is 0.159. The smallest absolute Gasteiger partial charge is 0.0411 e. The second kappa shape index (κ2) is 4.86. The average Bonchev–Trinajstić information content (AvgIpc) is 2.89. The summed E-state index contributed by atoms with van der Waals surface area (Å²) < 4.78 is 0. The summed E-state index contributed by atoms with van der Waals surface area (Å²) in [5.41, 5.74) is 8.81. The summed E-state index contributed by atoms with van der Waals surface area (Å²) in [4.78, 5) is 0. The molecule has 4 atom stereocenters. The molecule has 2 aliphatic carbocycles. The van der Waals surface area contributed by atoms with Gasteiger partial charge >= 0.3 is 0 Å². The molecule has 3 rings (SSSR count). The Kier molecular flexibility index (Phi) is 3.38. The van der Waals surface area contributed by atoms with E-state index in [1.807, 2.05) is 12.1 Å². The van der Waals surface area contributed by atoms with Crippen molar-refractivity contribution >= 4 is 11.6 Å². The van der Waals surface area contributed by atoms with Crippen LogP contribution in [0.2, 0.25) is 5.02 Å². The van der Waals surface area contributed by atoms with E-state index >= 15 is 0 Å². The fraction of sp³-hybridized carbons (Fsp3) is 0.625. The second-order valence-corrected chi connectivity index (χ2v) is 6.78. The van der Waals surface area contributed by atoms with E-state index in [2.05, 4.69) is 13.0 Å². The van der Waals surface area contributed by atoms with Crippen molar-refractivity contribution in [1.29, 1.82) is 0 Å². The van der Waals surface area contributed by atoms with Crippen molar-refractivity contribution < 1.29 is 0 Å². The van der Waals surface area contributed by atoms with Crippen LogP contribution in [-0.2, 0) is 0 Å². The maximum Gasteiger partial charge on any atom is 0.0411 e. The van der Waals surface area contributed by atoms with E-state index in [1.165, 1.54) is 36.8 Å². The van der Waals surface area contributed by atoms with E-state index in [9.17, 15) is 0 Å². The molecule has 0 saturated heterocycles. The Balaban J connectivity index is 1.69. The maximum absolute atomic E-state index is 6.39. The molecule has 18 heavy (non-hydrogen) atoms. The third-order valence-electron chi connectivity index (χ3n) is 4.93. The molecule has 98 valence electrons. The first-order valence-electron chi connectivity index (χ1n) is 7.14. The predicted octanol–water partition coefficient (Wildman–Crippen LogP) is 4.47. The molecule has 4 unspecified atom stereocenters. The molecule has 0 heterocycles. The molecule has 0 radical (unpaired) electrons. The lowest BCUT2D eigenvalue weighted by Gasteiger charge is -2.25. The van der Waals surface area contributed by atoms with E-state index in [-0.39, 0.29) is 6.04 Å². The summed E-state index contributed by atoms with van der Waals surface area (Å²) in [6, 6.07) is 6.37. The van der Waals surface area contributed by atoms with Gasteiger partial charge in [0.2, 0.25) is 0 Å². The van der Waals surface area contributed by atoms with Crippen molar-refractivity contribution in [2.75, 3.05) is 0 Å². The van der Waals surface area contributed by atoms with Crippen LogP contribution in [0, 0.1) is 24.7 Å². The highest BCUT2D eigenvalue weighted by Crippen LogP contribution is 2.50. The minimum absolute atomic E-state index is 0.159. The lowest BCUT2D eigenvalue weighted by Crippen LogP contribution is -2.19. The van der Waals surface area contributed by atoms with Gasteiger partial charge in [0.05, 0.1) is 0 Å². The lowest BCUT2D eigenvalue weighted by molar-refractivity contribution is 0.296. The van der Waals surface area contributed by atoms with Gasteiger partial charge in [-0.25, -0.2) is 0 Å². The first kappa shape index (κ1) is 12.5. The normalized spacial score (nSPS) is 31.8. The van der Waals surface area contributed by atoms with Crippen molar-refractivity contribution in [3.8, 4) is 0 Å². The average molecular weight is 264 g/mol. The molecule has 0 spiro atoms. The van der Waals surface area contributed by atoms with Gasteiger partial charge in [0.15, 0.2) is 0 Å². The Morgan fingerprint density at radius 3 is 2.72 bits per heavy atom. The van der Waals surface area contributed by atoms with Gasteiger partial charge in [-0.05, 0) is 73.6 Å². The van der Waals surface area contributed by atoms with E-state index in [0.29, 0.717) is 0 Å². The Labute approximate surface area is 115 Å². The molecule has 2 saturated carbocycles. The van der Waals surface area contributed by atoms with Crippen molar-refractivity contribution in [3.05, 3.63) is 34.3 Å². The topological polar surface area (TPSA) is 26.0 Å². The standard InChI is InChI=1S/C16H22ClN/c1-10-4-14(8-15(17)5-10)16(18)9-13-7-11-2-3-12(13)6-11/h4-5,8,11-13,16H,2-3,6-7,9,18H2,1H3. The number of hydrogen-bond acceptors (Lipinski definition) is 1. The van der Waals surface area contributed by atoms with Crippen LogP contribution in [-0.4, -0.2) is 0 Å². The predicted molar refractivity (Wildman–Crippen MR) is 76.7 cm³/mol. The zero-order valence-electron chi connectivity index (χ0n) is 11.0. The largest absolute Gasteiger partial charge is 0.324 e. The molecule has 2 fully saturated rings. The van der Waals surface area contributed by atoms with Gasteiger partial charge in [-0.15, -0.1) is 0 Å². The third-order valence-corrected chi connectivity index (χ3v) is 5.15. The molecule has 1 nitrogen and oxygen atoms in total. The van der Waals surface area contributed by atoms with Crippen LogP contribution >= 0.6 is 11.6 Å². The maximum atomic E-state index is 6.39. The molecule has 2 bridgehead atoms. The van der Waals surface area contributed by atoms with Crippen LogP contribution in [0.25, 0.3) is 0 Å². The van der Waals surface area contributed by atoms with Crippen molar-refractivity contribution in [2.45, 2.75) is 45.1 Å². The second-order valence-electron chi connectivity index (χ2n) is 6.34. The zero-order chi connectivity index (χ0) is 12.7. The Morgan fingerprint density at radius 1 is 1.28 bits per heavy atom. The third kappa shape index (κ3) is 2.44. The van der Waals surface area contributed by atoms with Gasteiger partial charge in [-0.2, -0.15) is 0 Å². The monoisotopic (exact) mass is 263 g/mol. The summed E-state index contributed by atoms with van der Waals surface area (Å²) >= 11 is 6.12. The van der Waals surface area contributed by atoms with Gasteiger partial charge in [0.1, 0.15) is 0 Å². The molecule has 1 aromatic carbocycles. The molecule has 2 aliphatic rings. The molecular weight excluding hydrogens is 242 g/mol. The number of rotatable bonds is 3. The van der Waals surface area contributed by atoms with Gasteiger partial charge in [0.25, 0.3) is 0 Å². The van der Waals surface area contributed by atoms with E-state index in [1.54, 1.807) is 0 Å². The van der Waals surface area contributed by atoms with Crippen LogP contribution < -0.4 is 5.73 Å². The number of benzene rings is 1. The molecule has 0 aromatic heterocycles. The Hall–Kier alpha value is -0.530. The van der Waals surface area contributed by atoms with Crippen molar-refractivity contribution in [1.82, 2.24) is 0 Å². The molecule has 0 amide bonds. The van der Waals surface area contributed by atoms with Crippen LogP contribution in [0.5, 0.6) is 0 Å². The number of hydrogen-bond donors (Lipinski definition) is 1. The van der Waals surface area contributed by atoms with E-state index in [0.717, 1.165) is 29.2 Å². The van der Waals surface area contributed by atoms with Crippen molar-refractivity contribution in [2.24, 2.45) is 23.5 Å². The highest BCUT2D eigenvalue weighted by molar-refractivity contribution is 6.30. The quantitative estimate of drug-likeness (QED) is 0.855. The van der Waals surface area contributed by atoms with E-state index < -0.39 is 0 Å². The first-order chi connectivity index (χ1) is 8.61. The van der Waals surface area contributed by atoms with E-state index in [4.69, 9.17) is 17.3 Å². The molecule has 0 aliphatic heterocycles. The minimum Gasteiger partial charge on any atom is -0.324 e. The van der Waals surface area contributed by atoms with Gasteiger partial charge < -0.3 is 5.73 Å². The summed E-state index contributed by atoms with van der Waals surface area (Å²) in [7, 11) is 0. The van der Waals surface area contributed by atoms with Crippen molar-refractivity contribution in [3.63, 3.8) is 0 Å². The summed E-state index contributed by atoms with van der Waals surface area (Å²) in [6.07, 6.45) is 6.92. The zero-order valence-corrected chi connectivity index (χ0v) is 11.8. The molecular formula is C16H22ClN. The molecule has 1 aromatic rings. The lowest BCUT2D eigenvalue weighted by atomic mass is 9.83. The van der Waals surface area contributed by atoms with Crippen LogP contribution in [0.15, 0.2) is 18.2 Å². The number of halogens is 1. The van der Waals surface area contributed by atoms with Crippen LogP contribution in [0.3, 0.4) is 0 Å². The van der Waals surface area contributed by atoms with Gasteiger partial charge in [-0.3, -0.25) is 0 Å². The molecule has 2 heteroatoms. The molecule has 2 N–H and O–H groups in total. The van der Waals surface area contributed by atoms with Crippen LogP contribution in [0.4, 0.5) is 0 Å². The summed E-state index contributed by atoms with van der Waals surface area (Å²) in [6.45, 7) is 2.08. The number of fused-ring (bicyclic) bond motifs is 2. The summed E-state index contributed by atoms with van der Waals surface area (Å²) in [5, 5.41) is 0.813. The Bertz CT molecular complexity index is 422. The van der Waals surface area contributed by atoms with Gasteiger partial charge in [-0.1, -0.05) is 24.1 Å². The SMILES string of the molecule is Cc1cc(Cl)cc(C(N)CC2CC3CCC2C3)c1. The van der Waals surface area contributed by atoms with Crippen LogP contribution in [0.1, 0.15) is 49.3 Å². The highest BCUT2D eigenvalue weighted by Gasteiger charge is 2.39. The summed E-state index contributed by atoms with van der Waals surface area (Å²) in [5.74, 6) is 2.83.